The largest absolute Gasteiger partial charge is 0.444 e. The Morgan fingerprint density at radius 1 is 1.18 bits per heavy atom. The summed E-state index contributed by atoms with van der Waals surface area (Å²) in [5.74, 6) is -0.649. The van der Waals surface area contributed by atoms with Crippen LogP contribution < -0.4 is 0 Å². The predicted octanol–water partition coefficient (Wildman–Crippen LogP) is 6.15. The Balaban J connectivity index is 1.31. The third-order valence-corrected chi connectivity index (χ3v) is 6.98. The SMILES string of the molecule is CC(C)(C)OC(=O)N1CC2(C1)OCc1cc(C3=NO[C@](C)(c4cc(Cl)c(F)c(Cl)c4)C3)ccc12. The second-order valence-electron chi connectivity index (χ2n) is 10.3. The van der Waals surface area contributed by atoms with Crippen LogP contribution in [0, 0.1) is 5.82 Å². The maximum atomic E-state index is 13.9. The number of benzene rings is 2. The number of nitrogens with zero attached hydrogens (tertiary/aromatic N) is 2. The van der Waals surface area contributed by atoms with Crippen LogP contribution in [-0.2, 0) is 32.1 Å². The van der Waals surface area contributed by atoms with Crippen molar-refractivity contribution in [3.8, 4) is 0 Å². The molecule has 0 unspecified atom stereocenters. The van der Waals surface area contributed by atoms with Gasteiger partial charge in [-0.3, -0.25) is 0 Å². The number of amides is 1. The van der Waals surface area contributed by atoms with Crippen LogP contribution in [0.4, 0.5) is 9.18 Å². The monoisotopic (exact) mass is 506 g/mol. The minimum absolute atomic E-state index is 0.0540. The number of hydrogen-bond donors (Lipinski definition) is 0. The molecule has 0 N–H and O–H groups in total. The number of halogens is 3. The van der Waals surface area contributed by atoms with Gasteiger partial charge in [0.2, 0.25) is 0 Å². The normalized spacial score (nSPS) is 22.8. The maximum absolute atomic E-state index is 13.9. The summed E-state index contributed by atoms with van der Waals surface area (Å²) in [6, 6.07) is 9.12. The summed E-state index contributed by atoms with van der Waals surface area (Å²) in [5, 5.41) is 4.20. The number of oxime groups is 1. The predicted molar refractivity (Wildman–Crippen MR) is 127 cm³/mol. The lowest BCUT2D eigenvalue weighted by Gasteiger charge is -2.47. The van der Waals surface area contributed by atoms with Crippen molar-refractivity contribution in [3.05, 3.63) is 68.4 Å². The van der Waals surface area contributed by atoms with Gasteiger partial charge in [0.1, 0.15) is 11.2 Å². The van der Waals surface area contributed by atoms with Crippen LogP contribution >= 0.6 is 23.2 Å². The van der Waals surface area contributed by atoms with Crippen LogP contribution in [0.15, 0.2) is 35.5 Å². The van der Waals surface area contributed by atoms with E-state index in [0.29, 0.717) is 31.7 Å². The molecule has 1 atom stereocenters. The number of carbonyl (C=O) groups is 1. The van der Waals surface area contributed by atoms with E-state index in [4.69, 9.17) is 37.5 Å². The maximum Gasteiger partial charge on any atom is 0.410 e. The first-order valence-corrected chi connectivity index (χ1v) is 11.8. The van der Waals surface area contributed by atoms with E-state index in [2.05, 4.69) is 11.2 Å². The first-order valence-electron chi connectivity index (χ1n) is 11.0. The fourth-order valence-electron chi connectivity index (χ4n) is 4.63. The van der Waals surface area contributed by atoms with Crippen molar-refractivity contribution < 1.29 is 23.5 Å². The molecule has 1 saturated heterocycles. The van der Waals surface area contributed by atoms with Gasteiger partial charge in [0, 0.05) is 12.0 Å². The third kappa shape index (κ3) is 3.93. The Kier molecular flexibility index (Phi) is 5.39. The summed E-state index contributed by atoms with van der Waals surface area (Å²) in [4.78, 5) is 19.8. The third-order valence-electron chi connectivity index (χ3n) is 6.43. The van der Waals surface area contributed by atoms with Gasteiger partial charge in [-0.15, -0.1) is 0 Å². The lowest BCUT2D eigenvalue weighted by molar-refractivity contribution is -0.137. The molecule has 1 amide bonds. The second-order valence-corrected chi connectivity index (χ2v) is 11.1. The summed E-state index contributed by atoms with van der Waals surface area (Å²) >= 11 is 12.0. The van der Waals surface area contributed by atoms with E-state index in [1.54, 1.807) is 4.90 Å². The Hall–Kier alpha value is -2.35. The zero-order valence-corrected chi connectivity index (χ0v) is 20.9. The van der Waals surface area contributed by atoms with Crippen LogP contribution in [0.5, 0.6) is 0 Å². The van der Waals surface area contributed by atoms with Gasteiger partial charge in [-0.2, -0.15) is 0 Å². The fourth-order valence-corrected chi connectivity index (χ4v) is 5.12. The zero-order valence-electron chi connectivity index (χ0n) is 19.4. The van der Waals surface area contributed by atoms with Gasteiger partial charge >= 0.3 is 6.09 Å². The van der Waals surface area contributed by atoms with Crippen LogP contribution in [0.1, 0.15) is 56.4 Å². The van der Waals surface area contributed by atoms with Crippen molar-refractivity contribution in [3.63, 3.8) is 0 Å². The van der Waals surface area contributed by atoms with Gasteiger partial charge in [0.05, 0.1) is 35.5 Å². The summed E-state index contributed by atoms with van der Waals surface area (Å²) in [6.07, 6.45) is 0.146. The lowest BCUT2D eigenvalue weighted by atomic mass is 9.83. The van der Waals surface area contributed by atoms with E-state index in [1.165, 1.54) is 12.1 Å². The molecular weight excluding hydrogens is 482 g/mol. The van der Waals surface area contributed by atoms with Crippen molar-refractivity contribution in [2.45, 2.75) is 57.5 Å². The standard InChI is InChI=1S/C25H25Cl2FN2O4/c1-23(2,3)33-22(31)30-12-25(13-30)17-6-5-14(7-15(17)11-32-25)20-10-24(4,34-29-20)16-8-18(26)21(28)19(27)9-16/h5-9H,10-13H2,1-4H3/t24-/m0/s1. The number of rotatable bonds is 2. The lowest BCUT2D eigenvalue weighted by Crippen LogP contribution is -2.61. The fraction of sp³-hybridized carbons (Fsp3) is 0.440. The minimum Gasteiger partial charge on any atom is -0.444 e. The molecule has 3 aliphatic rings. The molecule has 34 heavy (non-hydrogen) atoms. The van der Waals surface area contributed by atoms with E-state index in [0.717, 1.165) is 22.4 Å². The van der Waals surface area contributed by atoms with Gasteiger partial charge in [-0.1, -0.05) is 40.5 Å². The quantitative estimate of drug-likeness (QED) is 0.458. The minimum atomic E-state index is -0.811. The van der Waals surface area contributed by atoms with Crippen LogP contribution in [0.25, 0.3) is 0 Å². The highest BCUT2D eigenvalue weighted by atomic mass is 35.5. The van der Waals surface area contributed by atoms with Gasteiger partial charge in [-0.25, -0.2) is 9.18 Å². The van der Waals surface area contributed by atoms with Crippen LogP contribution in [0.2, 0.25) is 10.0 Å². The number of ether oxygens (including phenoxy) is 2. The molecule has 2 aromatic rings. The van der Waals surface area contributed by atoms with Gasteiger partial charge in [0.15, 0.2) is 11.4 Å². The first-order chi connectivity index (χ1) is 15.9. The Labute approximate surface area is 207 Å². The molecular formula is C25H25Cl2FN2O4. The van der Waals surface area contributed by atoms with Crippen molar-refractivity contribution in [1.29, 1.82) is 0 Å². The van der Waals surface area contributed by atoms with E-state index in [1.807, 2.05) is 39.8 Å². The van der Waals surface area contributed by atoms with Gasteiger partial charge in [-0.05, 0) is 62.6 Å². The number of fused-ring (bicyclic) bond motifs is 2. The Bertz CT molecular complexity index is 1200. The topological polar surface area (TPSA) is 60.4 Å². The molecule has 5 rings (SSSR count). The molecule has 0 aromatic heterocycles. The highest BCUT2D eigenvalue weighted by molar-refractivity contribution is 6.35. The molecule has 0 radical (unpaired) electrons. The number of hydrogen-bond acceptors (Lipinski definition) is 5. The summed E-state index contributed by atoms with van der Waals surface area (Å²) < 4.78 is 25.5. The van der Waals surface area contributed by atoms with Gasteiger partial charge in [0.25, 0.3) is 0 Å². The molecule has 6 nitrogen and oxygen atoms in total. The summed E-state index contributed by atoms with van der Waals surface area (Å²) in [7, 11) is 0. The highest BCUT2D eigenvalue weighted by Gasteiger charge is 2.52. The molecule has 3 aliphatic heterocycles. The molecule has 1 fully saturated rings. The Morgan fingerprint density at radius 3 is 2.50 bits per heavy atom. The Morgan fingerprint density at radius 2 is 1.85 bits per heavy atom. The molecule has 180 valence electrons. The van der Waals surface area contributed by atoms with Crippen molar-refractivity contribution in [2.75, 3.05) is 13.1 Å². The molecule has 0 aliphatic carbocycles. The average Bonchev–Trinajstić information content (AvgIpc) is 3.31. The van der Waals surface area contributed by atoms with Crippen LogP contribution in [0.3, 0.4) is 0 Å². The van der Waals surface area contributed by atoms with Crippen molar-refractivity contribution in [2.24, 2.45) is 5.16 Å². The zero-order chi connectivity index (χ0) is 24.5. The second kappa shape index (κ2) is 7.83. The van der Waals surface area contributed by atoms with E-state index in [9.17, 15) is 9.18 Å². The van der Waals surface area contributed by atoms with Crippen LogP contribution in [-0.4, -0.2) is 35.4 Å². The molecule has 2 aromatic carbocycles. The molecule has 1 spiro atoms. The first kappa shape index (κ1) is 23.4. The van der Waals surface area contributed by atoms with E-state index < -0.39 is 22.6 Å². The number of likely N-dealkylation sites (tertiary alicyclic amines) is 1. The summed E-state index contributed by atoms with van der Waals surface area (Å²) in [6.45, 7) is 8.80. The van der Waals surface area contributed by atoms with Crippen molar-refractivity contribution in [1.82, 2.24) is 4.90 Å². The average molecular weight is 507 g/mol. The van der Waals surface area contributed by atoms with E-state index >= 15 is 0 Å². The van der Waals surface area contributed by atoms with Gasteiger partial charge < -0.3 is 19.2 Å². The van der Waals surface area contributed by atoms with Crippen molar-refractivity contribution >= 4 is 35.0 Å². The molecule has 9 heteroatoms. The molecule has 0 saturated carbocycles. The smallest absolute Gasteiger partial charge is 0.410 e. The highest BCUT2D eigenvalue weighted by Crippen LogP contribution is 2.45. The molecule has 3 heterocycles. The summed E-state index contributed by atoms with van der Waals surface area (Å²) in [5.41, 5.74) is 2.65. The van der Waals surface area contributed by atoms with E-state index in [-0.39, 0.29) is 16.1 Å². The number of carbonyl (C=O) groups excluding carboxylic acids is 1. The molecule has 0 bridgehead atoms.